The van der Waals surface area contributed by atoms with Gasteiger partial charge in [0, 0.05) is 6.61 Å². The molecule has 0 aromatic carbocycles. The van der Waals surface area contributed by atoms with Crippen molar-refractivity contribution >= 4 is 0 Å². The Morgan fingerprint density at radius 2 is 2.56 bits per heavy atom. The van der Waals surface area contributed by atoms with Gasteiger partial charge >= 0.3 is 0 Å². The van der Waals surface area contributed by atoms with E-state index in [9.17, 15) is 0 Å². The molecule has 0 spiro atoms. The molecular formula is C8H14O. The predicted octanol–water partition coefficient (Wildman–Crippen LogP) is 2.13. The van der Waals surface area contributed by atoms with Crippen LogP contribution in [0.5, 0.6) is 0 Å². The van der Waals surface area contributed by atoms with Gasteiger partial charge in [0.25, 0.3) is 0 Å². The second kappa shape index (κ2) is 3.02. The van der Waals surface area contributed by atoms with Crippen LogP contribution in [0.4, 0.5) is 0 Å². The zero-order valence-electron chi connectivity index (χ0n) is 6.02. The summed E-state index contributed by atoms with van der Waals surface area (Å²) in [5.74, 6) is 0. The molecule has 0 radical (unpaired) electrons. The van der Waals surface area contributed by atoms with Crippen molar-refractivity contribution in [2.75, 3.05) is 6.61 Å². The first-order chi connectivity index (χ1) is 4.34. The Bertz CT molecular complexity index is 107. The second-order valence-electron chi connectivity index (χ2n) is 2.49. The highest BCUT2D eigenvalue weighted by molar-refractivity contribution is 5.07. The summed E-state index contributed by atoms with van der Waals surface area (Å²) in [5, 5.41) is 0. The monoisotopic (exact) mass is 126 g/mol. The van der Waals surface area contributed by atoms with E-state index in [0.29, 0.717) is 6.10 Å². The second-order valence-corrected chi connectivity index (χ2v) is 2.49. The van der Waals surface area contributed by atoms with E-state index in [-0.39, 0.29) is 0 Å². The van der Waals surface area contributed by atoms with Crippen LogP contribution < -0.4 is 0 Å². The quantitative estimate of drug-likeness (QED) is 0.515. The summed E-state index contributed by atoms with van der Waals surface area (Å²) >= 11 is 0. The Kier molecular flexibility index (Phi) is 2.29. The molecule has 1 unspecified atom stereocenters. The highest BCUT2D eigenvalue weighted by Gasteiger charge is 2.18. The molecule has 1 saturated carbocycles. The molecule has 0 heterocycles. The predicted molar refractivity (Wildman–Crippen MR) is 38.4 cm³/mol. The fourth-order valence-corrected chi connectivity index (χ4v) is 1.28. The van der Waals surface area contributed by atoms with Crippen molar-refractivity contribution in [3.8, 4) is 0 Å². The van der Waals surface area contributed by atoms with Crippen molar-refractivity contribution in [3.05, 3.63) is 12.2 Å². The van der Waals surface area contributed by atoms with Crippen LogP contribution in [0.2, 0.25) is 0 Å². The molecule has 1 aliphatic rings. The van der Waals surface area contributed by atoms with Crippen LogP contribution >= 0.6 is 0 Å². The third-order valence-corrected chi connectivity index (χ3v) is 1.79. The molecule has 1 nitrogen and oxygen atoms in total. The van der Waals surface area contributed by atoms with E-state index < -0.39 is 0 Å². The number of ether oxygens (including phenoxy) is 1. The van der Waals surface area contributed by atoms with Crippen LogP contribution in [-0.2, 0) is 4.74 Å². The minimum atomic E-state index is 0.384. The Labute approximate surface area is 56.7 Å². The molecular weight excluding hydrogens is 112 g/mol. The first kappa shape index (κ1) is 6.81. The number of hydrogen-bond acceptors (Lipinski definition) is 1. The molecule has 1 atom stereocenters. The lowest BCUT2D eigenvalue weighted by Gasteiger charge is -2.09. The van der Waals surface area contributed by atoms with Crippen molar-refractivity contribution < 1.29 is 4.74 Å². The van der Waals surface area contributed by atoms with E-state index in [2.05, 4.69) is 6.58 Å². The van der Waals surface area contributed by atoms with Crippen molar-refractivity contribution in [3.63, 3.8) is 0 Å². The normalized spacial score (nSPS) is 27.2. The van der Waals surface area contributed by atoms with E-state index in [1.165, 1.54) is 24.8 Å². The van der Waals surface area contributed by atoms with Crippen LogP contribution in [0.15, 0.2) is 12.2 Å². The summed E-state index contributed by atoms with van der Waals surface area (Å²) in [6, 6.07) is 0. The molecule has 9 heavy (non-hydrogen) atoms. The first-order valence-electron chi connectivity index (χ1n) is 3.64. The summed E-state index contributed by atoms with van der Waals surface area (Å²) in [5.41, 5.74) is 1.29. The third-order valence-electron chi connectivity index (χ3n) is 1.79. The smallest absolute Gasteiger partial charge is 0.0782 e. The van der Waals surface area contributed by atoms with Gasteiger partial charge in [0.15, 0.2) is 0 Å². The SMILES string of the molecule is C=C1CCCC1OCC. The zero-order valence-corrected chi connectivity index (χ0v) is 6.02. The Morgan fingerprint density at radius 1 is 1.78 bits per heavy atom. The van der Waals surface area contributed by atoms with Gasteiger partial charge in [-0.1, -0.05) is 6.58 Å². The lowest BCUT2D eigenvalue weighted by Crippen LogP contribution is -2.08. The minimum Gasteiger partial charge on any atom is -0.374 e. The van der Waals surface area contributed by atoms with Crippen molar-refractivity contribution in [1.82, 2.24) is 0 Å². The zero-order chi connectivity index (χ0) is 6.69. The van der Waals surface area contributed by atoms with E-state index in [0.717, 1.165) is 6.61 Å². The summed E-state index contributed by atoms with van der Waals surface area (Å²) < 4.78 is 5.42. The maximum absolute atomic E-state index is 5.42. The summed E-state index contributed by atoms with van der Waals surface area (Å²) in [7, 11) is 0. The highest BCUT2D eigenvalue weighted by Crippen LogP contribution is 2.25. The van der Waals surface area contributed by atoms with Gasteiger partial charge in [0.05, 0.1) is 6.10 Å². The standard InChI is InChI=1S/C8H14O/c1-3-9-8-6-4-5-7(8)2/h8H,2-6H2,1H3. The van der Waals surface area contributed by atoms with E-state index >= 15 is 0 Å². The van der Waals surface area contributed by atoms with Crippen LogP contribution in [0.25, 0.3) is 0 Å². The minimum absolute atomic E-state index is 0.384. The molecule has 1 rings (SSSR count). The Hall–Kier alpha value is -0.300. The maximum atomic E-state index is 5.42. The molecule has 0 N–H and O–H groups in total. The molecule has 0 aromatic heterocycles. The fourth-order valence-electron chi connectivity index (χ4n) is 1.28. The molecule has 0 aliphatic heterocycles. The maximum Gasteiger partial charge on any atom is 0.0782 e. The highest BCUT2D eigenvalue weighted by atomic mass is 16.5. The average Bonchev–Trinajstić information content (AvgIpc) is 2.18. The molecule has 0 amide bonds. The largest absolute Gasteiger partial charge is 0.374 e. The van der Waals surface area contributed by atoms with Gasteiger partial charge in [-0.2, -0.15) is 0 Å². The van der Waals surface area contributed by atoms with E-state index in [1.807, 2.05) is 6.92 Å². The van der Waals surface area contributed by atoms with Crippen LogP contribution in [0.1, 0.15) is 26.2 Å². The lowest BCUT2D eigenvalue weighted by molar-refractivity contribution is 0.0930. The average molecular weight is 126 g/mol. The van der Waals surface area contributed by atoms with Crippen molar-refractivity contribution in [2.45, 2.75) is 32.3 Å². The fraction of sp³-hybridized carbons (Fsp3) is 0.750. The molecule has 1 aliphatic carbocycles. The Balaban J connectivity index is 2.31. The van der Waals surface area contributed by atoms with Gasteiger partial charge in [0.1, 0.15) is 0 Å². The van der Waals surface area contributed by atoms with Gasteiger partial charge in [-0.3, -0.25) is 0 Å². The van der Waals surface area contributed by atoms with Crippen LogP contribution in [0, 0.1) is 0 Å². The third kappa shape index (κ3) is 1.55. The molecule has 0 saturated heterocycles. The topological polar surface area (TPSA) is 9.23 Å². The summed E-state index contributed by atoms with van der Waals surface area (Å²) in [6.07, 6.45) is 4.01. The van der Waals surface area contributed by atoms with Gasteiger partial charge in [0.2, 0.25) is 0 Å². The van der Waals surface area contributed by atoms with Gasteiger partial charge in [-0.05, 0) is 31.8 Å². The van der Waals surface area contributed by atoms with Gasteiger partial charge in [-0.25, -0.2) is 0 Å². The lowest BCUT2D eigenvalue weighted by atomic mass is 10.2. The van der Waals surface area contributed by atoms with E-state index in [4.69, 9.17) is 4.74 Å². The summed E-state index contributed by atoms with van der Waals surface area (Å²) in [6.45, 7) is 6.79. The molecule has 0 bridgehead atoms. The molecule has 0 aromatic rings. The summed E-state index contributed by atoms with van der Waals surface area (Å²) in [4.78, 5) is 0. The van der Waals surface area contributed by atoms with Gasteiger partial charge in [-0.15, -0.1) is 0 Å². The van der Waals surface area contributed by atoms with Crippen LogP contribution in [-0.4, -0.2) is 12.7 Å². The van der Waals surface area contributed by atoms with Crippen LogP contribution in [0.3, 0.4) is 0 Å². The van der Waals surface area contributed by atoms with Crippen molar-refractivity contribution in [1.29, 1.82) is 0 Å². The van der Waals surface area contributed by atoms with Gasteiger partial charge < -0.3 is 4.74 Å². The Morgan fingerprint density at radius 3 is 3.00 bits per heavy atom. The number of hydrogen-bond donors (Lipinski definition) is 0. The number of rotatable bonds is 2. The van der Waals surface area contributed by atoms with E-state index in [1.54, 1.807) is 0 Å². The molecule has 1 heteroatoms. The molecule has 52 valence electrons. The molecule has 1 fully saturated rings. The first-order valence-corrected chi connectivity index (χ1v) is 3.64. The van der Waals surface area contributed by atoms with Crippen molar-refractivity contribution in [2.24, 2.45) is 0 Å².